The fourth-order valence-corrected chi connectivity index (χ4v) is 1.38. The van der Waals surface area contributed by atoms with Crippen molar-refractivity contribution in [3.8, 4) is 0 Å². The number of amides is 3. The van der Waals surface area contributed by atoms with Gasteiger partial charge in [0.2, 0.25) is 11.8 Å². The van der Waals surface area contributed by atoms with E-state index in [-0.39, 0.29) is 18.6 Å². The van der Waals surface area contributed by atoms with Crippen molar-refractivity contribution < 1.29 is 34.2 Å². The summed E-state index contributed by atoms with van der Waals surface area (Å²) in [5, 5.41) is 20.6. The lowest BCUT2D eigenvalue weighted by Gasteiger charge is -2.15. The average Bonchev–Trinajstić information content (AvgIpc) is 2.41. The van der Waals surface area contributed by atoms with Gasteiger partial charge in [-0.15, -0.1) is 0 Å². The third-order valence-electron chi connectivity index (χ3n) is 2.26. The molecule has 3 amide bonds. The van der Waals surface area contributed by atoms with Crippen LogP contribution in [0.5, 0.6) is 0 Å². The summed E-state index contributed by atoms with van der Waals surface area (Å²) >= 11 is 3.79. The molecule has 6 N–H and O–H groups in total. The highest BCUT2D eigenvalue weighted by Crippen LogP contribution is 1.97. The van der Waals surface area contributed by atoms with Gasteiger partial charge in [-0.05, 0) is 6.42 Å². The van der Waals surface area contributed by atoms with Crippen molar-refractivity contribution in [2.24, 2.45) is 5.73 Å². The van der Waals surface area contributed by atoms with Crippen LogP contribution in [0.3, 0.4) is 0 Å². The van der Waals surface area contributed by atoms with Crippen LogP contribution in [0.25, 0.3) is 0 Å². The second-order valence-electron chi connectivity index (χ2n) is 3.91. The number of hydrogen-bond acceptors (Lipinski definition) is 7. The molecule has 0 radical (unpaired) electrons. The van der Waals surface area contributed by atoms with Crippen LogP contribution in [-0.4, -0.2) is 57.7 Å². The van der Waals surface area contributed by atoms with Crippen molar-refractivity contribution in [1.29, 1.82) is 0 Å². The van der Waals surface area contributed by atoms with Gasteiger partial charge in [-0.3, -0.25) is 24.5 Å². The number of rotatable bonds is 7. The van der Waals surface area contributed by atoms with Gasteiger partial charge in [0, 0.05) is 12.2 Å². The number of carbonyl (C=O) groups is 5. The molecule has 0 aromatic heterocycles. The van der Waals surface area contributed by atoms with E-state index in [0.717, 1.165) is 0 Å². The Labute approximate surface area is 124 Å². The Hall–Kier alpha value is -2.14. The number of carbonyl (C=O) groups excluding carboxylic acids is 3. The largest absolute Gasteiger partial charge is 0.480 e. The number of nitrogens with one attached hydrogen (secondary N) is 2. The Morgan fingerprint density at radius 1 is 1.14 bits per heavy atom. The minimum atomic E-state index is -1.85. The maximum atomic E-state index is 11.5. The summed E-state index contributed by atoms with van der Waals surface area (Å²) in [7, 11) is 0. The first kappa shape index (κ1) is 18.9. The van der Waals surface area contributed by atoms with Crippen molar-refractivity contribution in [2.75, 3.05) is 5.75 Å². The summed E-state index contributed by atoms with van der Waals surface area (Å²) in [6.07, 6.45) is -0.395. The molecule has 0 aromatic rings. The lowest BCUT2D eigenvalue weighted by molar-refractivity contribution is -0.152. The minimum absolute atomic E-state index is 0.143. The van der Waals surface area contributed by atoms with E-state index in [4.69, 9.17) is 15.9 Å². The quantitative estimate of drug-likeness (QED) is 0.217. The molecule has 10 nitrogen and oxygen atoms in total. The van der Waals surface area contributed by atoms with Crippen molar-refractivity contribution in [2.45, 2.75) is 24.9 Å². The normalized spacial score (nSPS) is 12.9. The maximum Gasteiger partial charge on any atom is 0.394 e. The van der Waals surface area contributed by atoms with Crippen molar-refractivity contribution in [3.05, 3.63) is 0 Å². The lowest BCUT2D eigenvalue weighted by Crippen LogP contribution is -2.51. The van der Waals surface area contributed by atoms with Gasteiger partial charge < -0.3 is 21.3 Å². The van der Waals surface area contributed by atoms with Crippen LogP contribution in [-0.2, 0) is 24.0 Å². The first-order valence-electron chi connectivity index (χ1n) is 5.65. The summed E-state index contributed by atoms with van der Waals surface area (Å²) in [4.78, 5) is 54.5. The van der Waals surface area contributed by atoms with E-state index < -0.39 is 41.7 Å². The molecule has 0 aliphatic rings. The van der Waals surface area contributed by atoms with Gasteiger partial charge in [0.15, 0.2) is 0 Å². The smallest absolute Gasteiger partial charge is 0.394 e. The lowest BCUT2D eigenvalue weighted by atomic mass is 10.1. The molecular weight excluding hydrogens is 306 g/mol. The molecule has 0 aliphatic carbocycles. The monoisotopic (exact) mass is 321 g/mol. The first-order chi connectivity index (χ1) is 9.68. The van der Waals surface area contributed by atoms with Crippen LogP contribution in [0.15, 0.2) is 0 Å². The van der Waals surface area contributed by atoms with Gasteiger partial charge in [0.05, 0.1) is 0 Å². The van der Waals surface area contributed by atoms with Gasteiger partial charge in [0.25, 0.3) is 0 Å². The van der Waals surface area contributed by atoms with Crippen molar-refractivity contribution in [3.63, 3.8) is 0 Å². The molecule has 0 rings (SSSR count). The zero-order chi connectivity index (χ0) is 16.6. The Morgan fingerprint density at radius 3 is 2.14 bits per heavy atom. The van der Waals surface area contributed by atoms with Crippen LogP contribution in [0, 0.1) is 0 Å². The molecule has 0 spiro atoms. The Kier molecular flexibility index (Phi) is 8.01. The second kappa shape index (κ2) is 8.92. The van der Waals surface area contributed by atoms with E-state index in [2.05, 4.69) is 17.9 Å². The van der Waals surface area contributed by atoms with E-state index >= 15 is 0 Å². The molecule has 11 heteroatoms. The highest BCUT2D eigenvalue weighted by atomic mass is 32.1. The molecule has 0 saturated carbocycles. The summed E-state index contributed by atoms with van der Waals surface area (Å²) in [5.41, 5.74) is 5.20. The van der Waals surface area contributed by atoms with Gasteiger partial charge in [-0.2, -0.15) is 12.6 Å². The molecule has 0 aliphatic heterocycles. The second-order valence-corrected chi connectivity index (χ2v) is 4.27. The van der Waals surface area contributed by atoms with Crippen molar-refractivity contribution >= 4 is 42.3 Å². The van der Waals surface area contributed by atoms with Crippen LogP contribution in [0.2, 0.25) is 0 Å². The van der Waals surface area contributed by atoms with Crippen LogP contribution in [0.1, 0.15) is 12.8 Å². The van der Waals surface area contributed by atoms with Crippen LogP contribution in [0.4, 0.5) is 0 Å². The number of thiol groups is 1. The molecule has 0 aromatic carbocycles. The third-order valence-corrected chi connectivity index (χ3v) is 2.63. The fourth-order valence-electron chi connectivity index (χ4n) is 1.12. The van der Waals surface area contributed by atoms with Crippen molar-refractivity contribution in [1.82, 2.24) is 10.6 Å². The molecule has 21 heavy (non-hydrogen) atoms. The van der Waals surface area contributed by atoms with E-state index in [1.54, 1.807) is 5.32 Å². The predicted octanol–water partition coefficient (Wildman–Crippen LogP) is -2.68. The van der Waals surface area contributed by atoms with Gasteiger partial charge in [-0.25, -0.2) is 4.79 Å². The standard InChI is InChI=1S/C10H15N3O7S/c11-4(9(17)18)1-2-6(14)12-5(3-21)7(15)13-8(16)10(19)20/h4-5,21H,1-3,11H2,(H,12,14)(H,17,18)(H,19,20)(H,13,15,16). The molecule has 118 valence electrons. The number of imide groups is 1. The van der Waals surface area contributed by atoms with Crippen LogP contribution >= 0.6 is 12.6 Å². The summed E-state index contributed by atoms with van der Waals surface area (Å²) < 4.78 is 0. The highest BCUT2D eigenvalue weighted by molar-refractivity contribution is 7.80. The summed E-state index contributed by atoms with van der Waals surface area (Å²) in [6, 6.07) is -2.45. The number of hydrogen-bond donors (Lipinski definition) is 6. The molecule has 0 fully saturated rings. The molecular formula is C10H15N3O7S. The molecule has 2 unspecified atom stereocenters. The molecule has 0 heterocycles. The summed E-state index contributed by atoms with van der Waals surface area (Å²) in [5.74, 6) is -6.54. The van der Waals surface area contributed by atoms with E-state index in [1.807, 2.05) is 0 Å². The van der Waals surface area contributed by atoms with E-state index in [9.17, 15) is 24.0 Å². The molecule has 2 atom stereocenters. The Balaban J connectivity index is 4.39. The number of aliphatic carboxylic acids is 2. The van der Waals surface area contributed by atoms with Gasteiger partial charge in [0.1, 0.15) is 12.1 Å². The average molecular weight is 321 g/mol. The Bertz CT molecular complexity index is 454. The number of carboxylic acids is 2. The first-order valence-corrected chi connectivity index (χ1v) is 6.29. The van der Waals surface area contributed by atoms with Gasteiger partial charge in [-0.1, -0.05) is 0 Å². The SMILES string of the molecule is NC(CCC(=O)NC(CS)C(=O)NC(=O)C(=O)O)C(=O)O. The van der Waals surface area contributed by atoms with E-state index in [1.165, 1.54) is 0 Å². The molecule has 0 saturated heterocycles. The minimum Gasteiger partial charge on any atom is -0.480 e. The van der Waals surface area contributed by atoms with Gasteiger partial charge >= 0.3 is 17.8 Å². The Morgan fingerprint density at radius 2 is 1.71 bits per heavy atom. The zero-order valence-electron chi connectivity index (χ0n) is 10.7. The number of nitrogens with two attached hydrogens (primary N) is 1. The van der Waals surface area contributed by atoms with E-state index in [0.29, 0.717) is 0 Å². The summed E-state index contributed by atoms with van der Waals surface area (Å²) in [6.45, 7) is 0. The topological polar surface area (TPSA) is 176 Å². The zero-order valence-corrected chi connectivity index (χ0v) is 11.6. The number of carboxylic acid groups (broad SMARTS) is 2. The highest BCUT2D eigenvalue weighted by Gasteiger charge is 2.24. The van der Waals surface area contributed by atoms with Crippen LogP contribution < -0.4 is 16.4 Å². The predicted molar refractivity (Wildman–Crippen MR) is 71.4 cm³/mol. The molecule has 0 bridgehead atoms. The third kappa shape index (κ3) is 7.27. The maximum absolute atomic E-state index is 11.5. The fraction of sp³-hybridized carbons (Fsp3) is 0.500.